The number of para-hydroxylation sites is 4. The Morgan fingerprint density at radius 1 is 0.442 bits per heavy atom. The number of hydrogen-bond acceptors (Lipinski definition) is 3. The van der Waals surface area contributed by atoms with Crippen LogP contribution in [0.4, 0.5) is 17.1 Å². The van der Waals surface area contributed by atoms with Crippen molar-refractivity contribution < 1.29 is 4.42 Å². The summed E-state index contributed by atoms with van der Waals surface area (Å²) in [6.07, 6.45) is 0. The fourth-order valence-electron chi connectivity index (χ4n) is 8.07. The number of anilines is 3. The van der Waals surface area contributed by atoms with Crippen molar-refractivity contribution >= 4 is 92.3 Å². The van der Waals surface area contributed by atoms with E-state index < -0.39 is 0 Å². The highest BCUT2D eigenvalue weighted by molar-refractivity contribution is 7.26. The van der Waals surface area contributed by atoms with Gasteiger partial charge in [0, 0.05) is 53.1 Å². The third kappa shape index (κ3) is 4.38. The molecular weight excluding hydrogens is 653 g/mol. The molecule has 0 spiro atoms. The zero-order valence-corrected chi connectivity index (χ0v) is 28.8. The van der Waals surface area contributed by atoms with Crippen molar-refractivity contribution in [1.82, 2.24) is 4.57 Å². The molecule has 0 saturated heterocycles. The molecule has 3 heterocycles. The molecule has 0 bridgehead atoms. The molecule has 4 heteroatoms. The molecule has 0 radical (unpaired) electrons. The third-order valence-electron chi connectivity index (χ3n) is 10.4. The number of rotatable bonds is 5. The Labute approximate surface area is 303 Å². The summed E-state index contributed by atoms with van der Waals surface area (Å²) in [6, 6.07) is 65.4. The van der Waals surface area contributed by atoms with Gasteiger partial charge < -0.3 is 13.9 Å². The Balaban J connectivity index is 1.11. The highest BCUT2D eigenvalue weighted by Crippen LogP contribution is 2.48. The second-order valence-electron chi connectivity index (χ2n) is 13.3. The maximum absolute atomic E-state index is 6.65. The van der Waals surface area contributed by atoms with E-state index in [-0.39, 0.29) is 0 Å². The molecule has 0 aliphatic rings. The first-order valence-corrected chi connectivity index (χ1v) is 18.4. The molecule has 0 aliphatic carbocycles. The topological polar surface area (TPSA) is 21.3 Å². The van der Waals surface area contributed by atoms with Crippen LogP contribution in [0.3, 0.4) is 0 Å². The van der Waals surface area contributed by atoms with Crippen molar-refractivity contribution in [3.05, 3.63) is 182 Å². The molecule has 3 aromatic heterocycles. The van der Waals surface area contributed by atoms with Gasteiger partial charge in [0.05, 0.1) is 22.4 Å². The number of furan rings is 1. The standard InChI is InChI=1S/C48H30N2OS/c1-2-12-33(13-3-1)49-40-18-7-4-14-35(40)36-29-26-32(30-43(36)49)31-24-27-34(28-25-31)50(41-19-11-23-46-47(41)39-16-6-9-22-45(39)52-46)42-20-10-17-38-37-15-5-8-21-44(37)51-48(38)42/h1-30H. The fourth-order valence-corrected chi connectivity index (χ4v) is 9.19. The van der Waals surface area contributed by atoms with Crippen LogP contribution >= 0.6 is 11.3 Å². The van der Waals surface area contributed by atoms with Gasteiger partial charge in [-0.3, -0.25) is 0 Å². The van der Waals surface area contributed by atoms with Gasteiger partial charge in [-0.05, 0) is 77.9 Å². The smallest absolute Gasteiger partial charge is 0.159 e. The Bertz CT molecular complexity index is 3130. The summed E-state index contributed by atoms with van der Waals surface area (Å²) < 4.78 is 11.6. The maximum Gasteiger partial charge on any atom is 0.159 e. The summed E-state index contributed by atoms with van der Waals surface area (Å²) >= 11 is 1.84. The summed E-state index contributed by atoms with van der Waals surface area (Å²) in [5.41, 5.74) is 10.9. The van der Waals surface area contributed by atoms with Crippen LogP contribution in [-0.4, -0.2) is 4.57 Å². The summed E-state index contributed by atoms with van der Waals surface area (Å²) in [4.78, 5) is 2.38. The molecule has 8 aromatic carbocycles. The summed E-state index contributed by atoms with van der Waals surface area (Å²) in [6.45, 7) is 0. The van der Waals surface area contributed by atoms with E-state index in [0.29, 0.717) is 0 Å². The van der Waals surface area contributed by atoms with Gasteiger partial charge in [-0.2, -0.15) is 0 Å². The molecule has 0 aliphatic heterocycles. The second-order valence-corrected chi connectivity index (χ2v) is 14.4. The third-order valence-corrected chi connectivity index (χ3v) is 11.5. The van der Waals surface area contributed by atoms with E-state index in [9.17, 15) is 0 Å². The van der Waals surface area contributed by atoms with E-state index in [4.69, 9.17) is 4.42 Å². The Morgan fingerprint density at radius 3 is 1.98 bits per heavy atom. The molecule has 0 saturated carbocycles. The first-order chi connectivity index (χ1) is 25.8. The molecule has 0 unspecified atom stereocenters. The summed E-state index contributed by atoms with van der Waals surface area (Å²) in [7, 11) is 0. The Kier molecular flexibility index (Phi) is 6.42. The molecular formula is C48H30N2OS. The molecule has 244 valence electrons. The molecule has 0 atom stereocenters. The molecule has 3 nitrogen and oxygen atoms in total. The zero-order valence-electron chi connectivity index (χ0n) is 28.0. The molecule has 0 amide bonds. The number of hydrogen-bond donors (Lipinski definition) is 0. The molecule has 11 aromatic rings. The number of fused-ring (bicyclic) bond motifs is 9. The van der Waals surface area contributed by atoms with Gasteiger partial charge in [0.1, 0.15) is 5.58 Å². The summed E-state index contributed by atoms with van der Waals surface area (Å²) in [5, 5.41) is 7.25. The van der Waals surface area contributed by atoms with Crippen molar-refractivity contribution in [3.8, 4) is 16.8 Å². The molecule has 0 N–H and O–H groups in total. The van der Waals surface area contributed by atoms with E-state index in [1.54, 1.807) is 0 Å². The number of nitrogens with zero attached hydrogens (tertiary/aromatic N) is 2. The molecule has 0 fully saturated rings. The van der Waals surface area contributed by atoms with Gasteiger partial charge in [0.25, 0.3) is 0 Å². The van der Waals surface area contributed by atoms with E-state index >= 15 is 0 Å². The van der Waals surface area contributed by atoms with Crippen LogP contribution in [0.5, 0.6) is 0 Å². The van der Waals surface area contributed by atoms with Crippen LogP contribution in [0.2, 0.25) is 0 Å². The van der Waals surface area contributed by atoms with Crippen molar-refractivity contribution in [2.75, 3.05) is 4.90 Å². The van der Waals surface area contributed by atoms with E-state index in [2.05, 4.69) is 185 Å². The normalized spacial score (nSPS) is 11.8. The van der Waals surface area contributed by atoms with Gasteiger partial charge in [0.2, 0.25) is 0 Å². The van der Waals surface area contributed by atoms with Crippen molar-refractivity contribution in [2.24, 2.45) is 0 Å². The lowest BCUT2D eigenvalue weighted by molar-refractivity contribution is 0.669. The second kappa shape index (κ2) is 11.5. The predicted octanol–water partition coefficient (Wildman–Crippen LogP) is 14.2. The zero-order chi connectivity index (χ0) is 34.2. The lowest BCUT2D eigenvalue weighted by Crippen LogP contribution is -2.10. The first kappa shape index (κ1) is 29.1. The van der Waals surface area contributed by atoms with Gasteiger partial charge in [-0.15, -0.1) is 11.3 Å². The first-order valence-electron chi connectivity index (χ1n) is 17.6. The van der Waals surface area contributed by atoms with Crippen molar-refractivity contribution in [3.63, 3.8) is 0 Å². The van der Waals surface area contributed by atoms with Crippen molar-refractivity contribution in [2.45, 2.75) is 0 Å². The van der Waals surface area contributed by atoms with Crippen LogP contribution in [0.15, 0.2) is 186 Å². The lowest BCUT2D eigenvalue weighted by atomic mass is 10.0. The van der Waals surface area contributed by atoms with E-state index in [1.165, 1.54) is 47.5 Å². The van der Waals surface area contributed by atoms with Crippen LogP contribution in [0, 0.1) is 0 Å². The van der Waals surface area contributed by atoms with E-state index in [0.717, 1.165) is 50.3 Å². The molecule has 52 heavy (non-hydrogen) atoms. The summed E-state index contributed by atoms with van der Waals surface area (Å²) in [5.74, 6) is 0. The van der Waals surface area contributed by atoms with Gasteiger partial charge >= 0.3 is 0 Å². The van der Waals surface area contributed by atoms with Crippen LogP contribution in [0.1, 0.15) is 0 Å². The largest absolute Gasteiger partial charge is 0.454 e. The number of aromatic nitrogens is 1. The van der Waals surface area contributed by atoms with Crippen molar-refractivity contribution in [1.29, 1.82) is 0 Å². The highest BCUT2D eigenvalue weighted by atomic mass is 32.1. The minimum atomic E-state index is 0.878. The van der Waals surface area contributed by atoms with Crippen LogP contribution in [-0.2, 0) is 0 Å². The maximum atomic E-state index is 6.65. The predicted molar refractivity (Wildman–Crippen MR) is 221 cm³/mol. The number of benzene rings is 8. The Morgan fingerprint density at radius 2 is 1.10 bits per heavy atom. The van der Waals surface area contributed by atoms with Gasteiger partial charge in [-0.25, -0.2) is 0 Å². The van der Waals surface area contributed by atoms with Gasteiger partial charge in [-0.1, -0.05) is 115 Å². The monoisotopic (exact) mass is 682 g/mol. The minimum absolute atomic E-state index is 0.878. The average Bonchev–Trinajstić information content (AvgIpc) is 3.89. The SMILES string of the molecule is c1ccc(-n2c3ccccc3c3ccc(-c4ccc(N(c5cccc6c5oc5ccccc56)c5cccc6sc7ccccc7c56)cc4)cc32)cc1. The molecule has 11 rings (SSSR count). The average molecular weight is 683 g/mol. The number of thiophene rings is 1. The highest BCUT2D eigenvalue weighted by Gasteiger charge is 2.23. The van der Waals surface area contributed by atoms with Crippen LogP contribution < -0.4 is 4.90 Å². The Hall–Kier alpha value is -6.62. The lowest BCUT2D eigenvalue weighted by Gasteiger charge is -2.26. The fraction of sp³-hybridized carbons (Fsp3) is 0. The van der Waals surface area contributed by atoms with Crippen LogP contribution in [0.25, 0.3) is 80.7 Å². The van der Waals surface area contributed by atoms with E-state index in [1.807, 2.05) is 17.4 Å². The quantitative estimate of drug-likeness (QED) is 0.180. The minimum Gasteiger partial charge on any atom is -0.454 e. The van der Waals surface area contributed by atoms with Gasteiger partial charge in [0.15, 0.2) is 5.58 Å².